The summed E-state index contributed by atoms with van der Waals surface area (Å²) in [6, 6.07) is 23.5. The molecule has 1 radical (unpaired) electrons. The Morgan fingerprint density at radius 1 is 0.886 bits per heavy atom. The van der Waals surface area contributed by atoms with Gasteiger partial charge in [-0.15, -0.1) is 29.7 Å². The number of rotatable bonds is 3. The maximum Gasteiger partial charge on any atom is 0.231 e. The fraction of sp³-hybridized carbons (Fsp3) is 0.214. The number of ether oxygens (including phenoxy) is 2. The molecule has 2 N–H and O–H groups in total. The van der Waals surface area contributed by atoms with Gasteiger partial charge in [0.2, 0.25) is 6.79 Å². The van der Waals surface area contributed by atoms with Gasteiger partial charge in [-0.25, -0.2) is 0 Å². The Morgan fingerprint density at radius 2 is 1.57 bits per heavy atom. The van der Waals surface area contributed by atoms with E-state index in [0.29, 0.717) is 6.42 Å². The minimum Gasteiger partial charge on any atom is -0.454 e. The molecule has 0 bridgehead atoms. The first-order valence-corrected chi connectivity index (χ1v) is 11.3. The van der Waals surface area contributed by atoms with Crippen LogP contribution in [0.2, 0.25) is 0 Å². The van der Waals surface area contributed by atoms with E-state index >= 15 is 0 Å². The summed E-state index contributed by atoms with van der Waals surface area (Å²) < 4.78 is 11.2. The van der Waals surface area contributed by atoms with E-state index < -0.39 is 0 Å². The van der Waals surface area contributed by atoms with Crippen molar-refractivity contribution in [3.63, 3.8) is 0 Å². The number of hydrogen-bond donors (Lipinski definition) is 2. The largest absolute Gasteiger partial charge is 0.454 e. The predicted octanol–water partition coefficient (Wildman–Crippen LogP) is 5.27. The van der Waals surface area contributed by atoms with E-state index in [1.165, 1.54) is 0 Å². The summed E-state index contributed by atoms with van der Waals surface area (Å²) in [5.41, 5.74) is 3.58. The van der Waals surface area contributed by atoms with E-state index in [-0.39, 0.29) is 39.1 Å². The van der Waals surface area contributed by atoms with Crippen molar-refractivity contribution in [2.75, 3.05) is 6.79 Å². The maximum absolute atomic E-state index is 8.56. The van der Waals surface area contributed by atoms with Crippen LogP contribution in [0.15, 0.2) is 66.9 Å². The van der Waals surface area contributed by atoms with Crippen LogP contribution in [0.25, 0.3) is 43.8 Å². The smallest absolute Gasteiger partial charge is 0.231 e. The number of benzene rings is 4. The molecule has 5 aromatic rings. The van der Waals surface area contributed by atoms with Crippen molar-refractivity contribution in [3.05, 3.63) is 72.9 Å². The molecule has 1 aromatic heterocycles. The van der Waals surface area contributed by atoms with E-state index in [1.54, 1.807) is 13.8 Å². The monoisotopic (exact) mass is 646 g/mol. The van der Waals surface area contributed by atoms with E-state index in [2.05, 4.69) is 12.1 Å². The third-order valence-corrected chi connectivity index (χ3v) is 5.68. The molecule has 0 saturated heterocycles. The molecule has 7 heteroatoms. The SMILES string of the molecule is CC(O)CC(C)O.[Ir].[c-]1cccc2c1c1ncc(-c3ccccc3)nc1c1cc3c(cc21)OCO3. The minimum absolute atomic E-state index is 0. The van der Waals surface area contributed by atoms with Crippen LogP contribution in [-0.2, 0) is 20.1 Å². The summed E-state index contributed by atoms with van der Waals surface area (Å²) in [4.78, 5) is 9.73. The van der Waals surface area contributed by atoms with Gasteiger partial charge < -0.3 is 24.7 Å². The summed E-state index contributed by atoms with van der Waals surface area (Å²) in [6.45, 7) is 3.56. The molecule has 1 aliphatic heterocycles. The van der Waals surface area contributed by atoms with Crippen LogP contribution >= 0.6 is 0 Å². The van der Waals surface area contributed by atoms with Crippen molar-refractivity contribution in [3.8, 4) is 22.8 Å². The Hall–Kier alpha value is -3.09. The van der Waals surface area contributed by atoms with Gasteiger partial charge >= 0.3 is 0 Å². The number of hydrogen-bond acceptors (Lipinski definition) is 6. The van der Waals surface area contributed by atoms with Gasteiger partial charge in [0.15, 0.2) is 11.5 Å². The first-order valence-electron chi connectivity index (χ1n) is 11.3. The molecule has 1 aliphatic rings. The normalized spacial score (nSPS) is 13.7. The molecular formula is C28H25IrN2O4-. The molecular weight excluding hydrogens is 621 g/mol. The molecule has 0 saturated carbocycles. The van der Waals surface area contributed by atoms with E-state index in [0.717, 1.165) is 55.3 Å². The molecule has 6 nitrogen and oxygen atoms in total. The summed E-state index contributed by atoms with van der Waals surface area (Å²) >= 11 is 0. The molecule has 6 rings (SSSR count). The number of fused-ring (bicyclic) bond motifs is 7. The second kappa shape index (κ2) is 10.7. The zero-order valence-electron chi connectivity index (χ0n) is 19.4. The van der Waals surface area contributed by atoms with Crippen LogP contribution in [0.3, 0.4) is 0 Å². The molecule has 181 valence electrons. The minimum atomic E-state index is -0.375. The Balaban J connectivity index is 0.000000320. The predicted molar refractivity (Wildman–Crippen MR) is 133 cm³/mol. The number of nitrogens with zero attached hydrogens (tertiary/aromatic N) is 2. The average Bonchev–Trinajstić information content (AvgIpc) is 3.30. The summed E-state index contributed by atoms with van der Waals surface area (Å²) in [7, 11) is 0. The van der Waals surface area contributed by atoms with E-state index in [9.17, 15) is 0 Å². The molecule has 2 atom stereocenters. The zero-order chi connectivity index (χ0) is 23.7. The fourth-order valence-corrected chi connectivity index (χ4v) is 4.22. The van der Waals surface area contributed by atoms with Crippen LogP contribution in [-0.4, -0.2) is 39.2 Å². The van der Waals surface area contributed by atoms with Crippen LogP contribution in [0.1, 0.15) is 20.3 Å². The maximum atomic E-state index is 8.56. The molecule has 0 aliphatic carbocycles. The third-order valence-electron chi connectivity index (χ3n) is 5.68. The Bertz CT molecular complexity index is 1470. The van der Waals surface area contributed by atoms with Crippen molar-refractivity contribution in [2.45, 2.75) is 32.5 Å². The van der Waals surface area contributed by atoms with Crippen molar-refractivity contribution < 1.29 is 39.8 Å². The number of aliphatic hydroxyl groups is 2. The summed E-state index contributed by atoms with van der Waals surface area (Å²) in [6.07, 6.45) is 1.55. The molecule has 35 heavy (non-hydrogen) atoms. The average molecular weight is 646 g/mol. The van der Waals surface area contributed by atoms with Gasteiger partial charge in [-0.3, -0.25) is 4.98 Å². The summed E-state index contributed by atoms with van der Waals surface area (Å²) in [5.74, 6) is 1.51. The first-order chi connectivity index (χ1) is 16.5. The van der Waals surface area contributed by atoms with Crippen molar-refractivity contribution >= 4 is 32.6 Å². The number of aliphatic hydroxyl groups excluding tert-OH is 2. The molecule has 2 unspecified atom stereocenters. The van der Waals surface area contributed by atoms with Crippen molar-refractivity contribution in [1.29, 1.82) is 0 Å². The molecule has 2 heterocycles. The van der Waals surface area contributed by atoms with Crippen LogP contribution in [0.4, 0.5) is 0 Å². The summed E-state index contributed by atoms with van der Waals surface area (Å²) in [5, 5.41) is 21.2. The molecule has 4 aromatic carbocycles. The Kier molecular flexibility index (Phi) is 7.63. The van der Waals surface area contributed by atoms with Gasteiger partial charge in [-0.2, -0.15) is 0 Å². The van der Waals surface area contributed by atoms with Gasteiger partial charge in [0.1, 0.15) is 0 Å². The topological polar surface area (TPSA) is 84.7 Å². The Labute approximate surface area is 216 Å². The van der Waals surface area contributed by atoms with Gasteiger partial charge in [0.05, 0.1) is 23.4 Å². The number of aromatic nitrogens is 2. The zero-order valence-corrected chi connectivity index (χ0v) is 21.8. The van der Waals surface area contributed by atoms with Gasteiger partial charge in [-0.05, 0) is 43.2 Å². The van der Waals surface area contributed by atoms with E-state index in [1.807, 2.05) is 60.8 Å². The Morgan fingerprint density at radius 3 is 2.23 bits per heavy atom. The van der Waals surface area contributed by atoms with E-state index in [4.69, 9.17) is 29.7 Å². The van der Waals surface area contributed by atoms with Crippen LogP contribution in [0.5, 0.6) is 11.5 Å². The molecule has 0 fully saturated rings. The van der Waals surface area contributed by atoms with Crippen LogP contribution < -0.4 is 9.47 Å². The van der Waals surface area contributed by atoms with Crippen LogP contribution in [0, 0.1) is 6.07 Å². The fourth-order valence-electron chi connectivity index (χ4n) is 4.22. The third kappa shape index (κ3) is 5.14. The van der Waals surface area contributed by atoms with Crippen molar-refractivity contribution in [2.24, 2.45) is 0 Å². The second-order valence-corrected chi connectivity index (χ2v) is 8.46. The second-order valence-electron chi connectivity index (χ2n) is 8.46. The van der Waals surface area contributed by atoms with Gasteiger partial charge in [0, 0.05) is 37.4 Å². The first kappa shape index (κ1) is 25.0. The standard InChI is InChI=1S/C23H13N2O2.C5H12O2.Ir/c1-2-6-14(7-3-1)19-12-24-22-16-9-5-4-8-15(16)17-10-20-21(27-13-26-20)11-18(17)23(22)25-19;1-4(6)3-5(2)7;/h1-8,10-12H,13H2;4-7H,3H2,1-2H3;/q-1;;. The molecule has 0 amide bonds. The van der Waals surface area contributed by atoms with Crippen molar-refractivity contribution in [1.82, 2.24) is 9.97 Å². The van der Waals surface area contributed by atoms with Gasteiger partial charge in [-0.1, -0.05) is 35.7 Å². The molecule has 0 spiro atoms. The quantitative estimate of drug-likeness (QED) is 0.206. The van der Waals surface area contributed by atoms with Gasteiger partial charge in [0.25, 0.3) is 0 Å².